The summed E-state index contributed by atoms with van der Waals surface area (Å²) in [6, 6.07) is 3.00. The van der Waals surface area contributed by atoms with Crippen molar-refractivity contribution in [1.29, 1.82) is 0 Å². The lowest BCUT2D eigenvalue weighted by Gasteiger charge is -2.15. The van der Waals surface area contributed by atoms with Gasteiger partial charge in [-0.25, -0.2) is 13.1 Å². The van der Waals surface area contributed by atoms with Crippen LogP contribution in [-0.2, 0) is 16.6 Å². The molecule has 4 nitrogen and oxygen atoms in total. The second-order valence-electron chi connectivity index (χ2n) is 4.94. The fourth-order valence-corrected chi connectivity index (χ4v) is 3.96. The van der Waals surface area contributed by atoms with Crippen molar-refractivity contribution in [1.82, 2.24) is 10.0 Å². The Morgan fingerprint density at radius 2 is 1.76 bits per heavy atom. The minimum Gasteiger partial charge on any atom is -0.316 e. The minimum atomic E-state index is -3.63. The monoisotopic (exact) mass is 352 g/mol. The van der Waals surface area contributed by atoms with Gasteiger partial charge in [0.15, 0.2) is 0 Å². The highest BCUT2D eigenvalue weighted by Crippen LogP contribution is 2.28. The van der Waals surface area contributed by atoms with E-state index in [9.17, 15) is 8.42 Å². The smallest absolute Gasteiger partial charge is 0.242 e. The molecule has 0 heterocycles. The molecule has 1 aromatic carbocycles. The van der Waals surface area contributed by atoms with Crippen LogP contribution in [-0.4, -0.2) is 22.0 Å². The zero-order valence-electron chi connectivity index (χ0n) is 12.5. The number of rotatable bonds is 8. The van der Waals surface area contributed by atoms with Gasteiger partial charge < -0.3 is 5.32 Å². The van der Waals surface area contributed by atoms with Crippen LogP contribution < -0.4 is 10.0 Å². The summed E-state index contributed by atoms with van der Waals surface area (Å²) in [5.74, 6) is 0.322. The van der Waals surface area contributed by atoms with Gasteiger partial charge in [0, 0.05) is 18.1 Å². The van der Waals surface area contributed by atoms with Crippen LogP contribution in [0.3, 0.4) is 0 Å². The molecular formula is C14H22Cl2N2O2S. The molecule has 0 saturated heterocycles. The van der Waals surface area contributed by atoms with E-state index in [2.05, 4.69) is 10.0 Å². The molecule has 2 N–H and O–H groups in total. The summed E-state index contributed by atoms with van der Waals surface area (Å²) in [5.41, 5.74) is 0.700. The van der Waals surface area contributed by atoms with Gasteiger partial charge in [-0.15, -0.1) is 0 Å². The molecule has 0 aliphatic heterocycles. The second-order valence-corrected chi connectivity index (χ2v) is 7.49. The maximum Gasteiger partial charge on any atom is 0.242 e. The Bertz CT molecular complexity index is 573. The first-order valence-electron chi connectivity index (χ1n) is 6.97. The minimum absolute atomic E-state index is 0.0739. The maximum atomic E-state index is 12.4. The Labute approximate surface area is 137 Å². The van der Waals surface area contributed by atoms with Crippen LogP contribution in [0.1, 0.15) is 32.3 Å². The third-order valence-corrected chi connectivity index (χ3v) is 5.71. The Hall–Kier alpha value is -0.330. The van der Waals surface area contributed by atoms with Crippen molar-refractivity contribution >= 4 is 33.2 Å². The van der Waals surface area contributed by atoms with E-state index in [1.165, 1.54) is 12.1 Å². The molecule has 0 radical (unpaired) electrons. The summed E-state index contributed by atoms with van der Waals surface area (Å²) in [5, 5.41) is 3.54. The van der Waals surface area contributed by atoms with Crippen LogP contribution in [0.5, 0.6) is 0 Å². The van der Waals surface area contributed by atoms with E-state index >= 15 is 0 Å². The van der Waals surface area contributed by atoms with Gasteiger partial charge in [0.25, 0.3) is 0 Å². The number of halogens is 2. The molecule has 21 heavy (non-hydrogen) atoms. The number of benzene rings is 1. The second kappa shape index (κ2) is 8.34. The van der Waals surface area contributed by atoms with E-state index in [1.54, 1.807) is 7.05 Å². The zero-order chi connectivity index (χ0) is 16.0. The molecule has 120 valence electrons. The molecule has 0 aliphatic carbocycles. The highest BCUT2D eigenvalue weighted by Gasteiger charge is 2.20. The van der Waals surface area contributed by atoms with Gasteiger partial charge in [0.1, 0.15) is 4.90 Å². The number of hydrogen-bond donors (Lipinski definition) is 2. The third-order valence-electron chi connectivity index (χ3n) is 3.47. The first kappa shape index (κ1) is 18.7. The number of nitrogens with one attached hydrogen (secondary N) is 2. The fourth-order valence-electron chi connectivity index (χ4n) is 1.99. The summed E-state index contributed by atoms with van der Waals surface area (Å²) in [6.07, 6.45) is 1.86. The van der Waals surface area contributed by atoms with E-state index in [0.717, 1.165) is 12.8 Å². The van der Waals surface area contributed by atoms with Crippen molar-refractivity contribution in [3.8, 4) is 0 Å². The molecule has 0 saturated carbocycles. The van der Waals surface area contributed by atoms with Crippen LogP contribution in [0.25, 0.3) is 0 Å². The SMILES string of the molecule is CCC(CC)CNS(=O)(=O)c1cc(CNC)c(Cl)cc1Cl. The molecule has 0 aromatic heterocycles. The van der Waals surface area contributed by atoms with Crippen LogP contribution in [0.2, 0.25) is 10.0 Å². The number of hydrogen-bond acceptors (Lipinski definition) is 3. The molecule has 1 aromatic rings. The zero-order valence-corrected chi connectivity index (χ0v) is 14.9. The summed E-state index contributed by atoms with van der Waals surface area (Å²) in [4.78, 5) is 0.0739. The van der Waals surface area contributed by atoms with E-state index in [1.807, 2.05) is 13.8 Å². The van der Waals surface area contributed by atoms with Crippen LogP contribution in [0.4, 0.5) is 0 Å². The lowest BCUT2D eigenvalue weighted by Crippen LogP contribution is -2.29. The van der Waals surface area contributed by atoms with Crippen molar-refractivity contribution in [2.24, 2.45) is 5.92 Å². The van der Waals surface area contributed by atoms with Gasteiger partial charge >= 0.3 is 0 Å². The summed E-state index contributed by atoms with van der Waals surface area (Å²) < 4.78 is 27.4. The molecule has 0 amide bonds. The molecule has 0 unspecified atom stereocenters. The van der Waals surface area contributed by atoms with E-state index in [4.69, 9.17) is 23.2 Å². The van der Waals surface area contributed by atoms with E-state index in [-0.39, 0.29) is 9.92 Å². The molecule has 1 rings (SSSR count). The fraction of sp³-hybridized carbons (Fsp3) is 0.571. The Morgan fingerprint density at radius 1 is 1.14 bits per heavy atom. The lowest BCUT2D eigenvalue weighted by atomic mass is 10.0. The Morgan fingerprint density at radius 3 is 2.29 bits per heavy atom. The van der Waals surface area contributed by atoms with Crippen molar-refractivity contribution in [2.75, 3.05) is 13.6 Å². The molecule has 0 atom stereocenters. The molecule has 0 fully saturated rings. The maximum absolute atomic E-state index is 12.4. The molecular weight excluding hydrogens is 331 g/mol. The standard InChI is InChI=1S/C14H22Cl2N2O2S/c1-4-10(5-2)8-18-21(19,20)14-6-11(9-17-3)12(15)7-13(14)16/h6-7,10,17-18H,4-5,8-9H2,1-3H3. The summed E-state index contributed by atoms with van der Waals surface area (Å²) in [7, 11) is -1.86. The molecule has 0 aliphatic rings. The Kier molecular flexibility index (Phi) is 7.44. The highest BCUT2D eigenvalue weighted by molar-refractivity contribution is 7.89. The van der Waals surface area contributed by atoms with Gasteiger partial charge in [-0.3, -0.25) is 0 Å². The van der Waals surface area contributed by atoms with Crippen molar-refractivity contribution in [3.63, 3.8) is 0 Å². The molecule has 0 bridgehead atoms. The average Bonchev–Trinajstić information content (AvgIpc) is 2.42. The Balaban J connectivity index is 3.04. The topological polar surface area (TPSA) is 58.2 Å². The average molecular weight is 353 g/mol. The van der Waals surface area contributed by atoms with Gasteiger partial charge in [-0.2, -0.15) is 0 Å². The highest BCUT2D eigenvalue weighted by atomic mass is 35.5. The van der Waals surface area contributed by atoms with Crippen molar-refractivity contribution in [3.05, 3.63) is 27.7 Å². The predicted octanol–water partition coefficient (Wildman–Crippen LogP) is 3.43. The van der Waals surface area contributed by atoms with Crippen LogP contribution in [0.15, 0.2) is 17.0 Å². The van der Waals surface area contributed by atoms with Crippen LogP contribution >= 0.6 is 23.2 Å². The van der Waals surface area contributed by atoms with Gasteiger partial charge in [-0.05, 0) is 30.7 Å². The molecule has 7 heteroatoms. The first-order valence-corrected chi connectivity index (χ1v) is 9.21. The van der Waals surface area contributed by atoms with Gasteiger partial charge in [-0.1, -0.05) is 49.9 Å². The summed E-state index contributed by atoms with van der Waals surface area (Å²) in [6.45, 7) is 4.98. The van der Waals surface area contributed by atoms with Crippen molar-refractivity contribution in [2.45, 2.75) is 38.1 Å². The normalized spacial score (nSPS) is 12.1. The predicted molar refractivity (Wildman–Crippen MR) is 88.5 cm³/mol. The molecule has 0 spiro atoms. The van der Waals surface area contributed by atoms with Gasteiger partial charge in [0.05, 0.1) is 5.02 Å². The third kappa shape index (κ3) is 5.11. The first-order chi connectivity index (χ1) is 9.85. The van der Waals surface area contributed by atoms with E-state index < -0.39 is 10.0 Å². The van der Waals surface area contributed by atoms with Crippen molar-refractivity contribution < 1.29 is 8.42 Å². The van der Waals surface area contributed by atoms with E-state index in [0.29, 0.717) is 29.6 Å². The summed E-state index contributed by atoms with van der Waals surface area (Å²) >= 11 is 12.1. The van der Waals surface area contributed by atoms with Gasteiger partial charge in [0.2, 0.25) is 10.0 Å². The van der Waals surface area contributed by atoms with Crippen LogP contribution in [0, 0.1) is 5.92 Å². The lowest BCUT2D eigenvalue weighted by molar-refractivity contribution is 0.479. The number of sulfonamides is 1. The quantitative estimate of drug-likeness (QED) is 0.753. The largest absolute Gasteiger partial charge is 0.316 e.